The standard InChI is InChI=1S/C21H29N3O3/c1-3-26-12-4-10-24-11-9-19(16(2)14-24)23-21(25)18-7-5-17(6-8-18)20-13-22-15-27-20/h5-8,13,15-16,19H,3-4,9-12,14H2,1-2H3,(H,23,25). The Morgan fingerprint density at radius 2 is 2.19 bits per heavy atom. The maximum atomic E-state index is 12.6. The normalized spacial score (nSPS) is 20.5. The Labute approximate surface area is 160 Å². The minimum absolute atomic E-state index is 0.0132. The topological polar surface area (TPSA) is 67.6 Å². The lowest BCUT2D eigenvalue weighted by Gasteiger charge is -2.37. The van der Waals surface area contributed by atoms with E-state index in [9.17, 15) is 4.79 Å². The molecular formula is C21H29N3O3. The van der Waals surface area contributed by atoms with Crippen LogP contribution in [-0.4, -0.2) is 54.7 Å². The number of ether oxygens (including phenoxy) is 1. The van der Waals surface area contributed by atoms with Crippen LogP contribution in [0.5, 0.6) is 0 Å². The molecule has 6 heteroatoms. The second-order valence-electron chi connectivity index (χ2n) is 7.14. The molecule has 0 radical (unpaired) electrons. The van der Waals surface area contributed by atoms with Crippen molar-refractivity contribution in [2.24, 2.45) is 5.92 Å². The predicted octanol–water partition coefficient (Wildman–Crippen LogP) is 3.21. The van der Waals surface area contributed by atoms with Crippen molar-refractivity contribution < 1.29 is 13.9 Å². The summed E-state index contributed by atoms with van der Waals surface area (Å²) in [7, 11) is 0. The number of oxazole rings is 1. The van der Waals surface area contributed by atoms with Crippen molar-refractivity contribution in [2.45, 2.75) is 32.7 Å². The summed E-state index contributed by atoms with van der Waals surface area (Å²) in [6.45, 7) is 8.95. The van der Waals surface area contributed by atoms with E-state index >= 15 is 0 Å². The number of likely N-dealkylation sites (tertiary alicyclic amines) is 1. The minimum atomic E-state index is -0.0132. The zero-order valence-electron chi connectivity index (χ0n) is 16.2. The van der Waals surface area contributed by atoms with Gasteiger partial charge in [0.25, 0.3) is 5.91 Å². The summed E-state index contributed by atoms with van der Waals surface area (Å²) in [5.74, 6) is 1.12. The van der Waals surface area contributed by atoms with Crippen molar-refractivity contribution in [3.8, 4) is 11.3 Å². The molecule has 1 N–H and O–H groups in total. The van der Waals surface area contributed by atoms with Gasteiger partial charge < -0.3 is 19.4 Å². The molecular weight excluding hydrogens is 342 g/mol. The SMILES string of the molecule is CCOCCCN1CCC(NC(=O)c2ccc(-c3cnco3)cc2)C(C)C1. The van der Waals surface area contributed by atoms with Crippen molar-refractivity contribution in [1.82, 2.24) is 15.2 Å². The number of nitrogens with one attached hydrogen (secondary N) is 1. The van der Waals surface area contributed by atoms with E-state index in [0.717, 1.165) is 51.3 Å². The highest BCUT2D eigenvalue weighted by atomic mass is 16.5. The fourth-order valence-corrected chi connectivity index (χ4v) is 3.58. The van der Waals surface area contributed by atoms with Crippen molar-refractivity contribution in [1.29, 1.82) is 0 Å². The van der Waals surface area contributed by atoms with Crippen LogP contribution in [0.4, 0.5) is 0 Å². The molecule has 1 aromatic carbocycles. The lowest BCUT2D eigenvalue weighted by Crippen LogP contribution is -2.50. The average Bonchev–Trinajstić information content (AvgIpc) is 3.22. The Hall–Kier alpha value is -2.18. The van der Waals surface area contributed by atoms with E-state index in [-0.39, 0.29) is 11.9 Å². The summed E-state index contributed by atoms with van der Waals surface area (Å²) < 4.78 is 10.7. The summed E-state index contributed by atoms with van der Waals surface area (Å²) in [4.78, 5) is 19.0. The monoisotopic (exact) mass is 371 g/mol. The highest BCUT2D eigenvalue weighted by Crippen LogP contribution is 2.20. The second-order valence-corrected chi connectivity index (χ2v) is 7.14. The number of nitrogens with zero attached hydrogens (tertiary/aromatic N) is 2. The molecule has 2 atom stereocenters. The number of rotatable bonds is 8. The summed E-state index contributed by atoms with van der Waals surface area (Å²) in [6.07, 6.45) is 5.12. The highest BCUT2D eigenvalue weighted by molar-refractivity contribution is 5.94. The molecule has 1 saturated heterocycles. The molecule has 1 fully saturated rings. The van der Waals surface area contributed by atoms with E-state index in [1.54, 1.807) is 6.20 Å². The third-order valence-electron chi connectivity index (χ3n) is 5.14. The molecule has 2 aromatic rings. The minimum Gasteiger partial charge on any atom is -0.444 e. The predicted molar refractivity (Wildman–Crippen MR) is 105 cm³/mol. The van der Waals surface area contributed by atoms with Crippen LogP contribution in [-0.2, 0) is 4.74 Å². The van der Waals surface area contributed by atoms with Gasteiger partial charge >= 0.3 is 0 Å². The van der Waals surface area contributed by atoms with Crippen LogP contribution in [0.3, 0.4) is 0 Å². The van der Waals surface area contributed by atoms with Crippen molar-refractivity contribution in [3.05, 3.63) is 42.4 Å². The zero-order valence-corrected chi connectivity index (χ0v) is 16.2. The average molecular weight is 371 g/mol. The molecule has 1 aliphatic heterocycles. The molecule has 1 aliphatic rings. The molecule has 27 heavy (non-hydrogen) atoms. The molecule has 3 rings (SSSR count). The quantitative estimate of drug-likeness (QED) is 0.722. The Bertz CT molecular complexity index is 700. The van der Waals surface area contributed by atoms with E-state index < -0.39 is 0 Å². The van der Waals surface area contributed by atoms with Crippen molar-refractivity contribution in [2.75, 3.05) is 32.8 Å². The van der Waals surface area contributed by atoms with Crippen molar-refractivity contribution in [3.63, 3.8) is 0 Å². The highest BCUT2D eigenvalue weighted by Gasteiger charge is 2.27. The van der Waals surface area contributed by atoms with Gasteiger partial charge in [-0.05, 0) is 37.8 Å². The van der Waals surface area contributed by atoms with Crippen LogP contribution in [0.15, 0.2) is 41.3 Å². The lowest BCUT2D eigenvalue weighted by atomic mass is 9.93. The summed E-state index contributed by atoms with van der Waals surface area (Å²) in [5, 5.41) is 3.21. The Morgan fingerprint density at radius 1 is 1.37 bits per heavy atom. The van der Waals surface area contributed by atoms with E-state index in [1.807, 2.05) is 31.2 Å². The number of aromatic nitrogens is 1. The Morgan fingerprint density at radius 3 is 2.85 bits per heavy atom. The Balaban J connectivity index is 1.48. The molecule has 0 aliphatic carbocycles. The fraction of sp³-hybridized carbons (Fsp3) is 0.524. The van der Waals surface area contributed by atoms with Gasteiger partial charge in [-0.3, -0.25) is 4.79 Å². The van der Waals surface area contributed by atoms with Gasteiger partial charge in [0.1, 0.15) is 0 Å². The smallest absolute Gasteiger partial charge is 0.251 e. The van der Waals surface area contributed by atoms with Gasteiger partial charge in [0.2, 0.25) is 0 Å². The molecule has 0 bridgehead atoms. The molecule has 0 saturated carbocycles. The van der Waals surface area contributed by atoms with Gasteiger partial charge in [-0.15, -0.1) is 0 Å². The van der Waals surface area contributed by atoms with Crippen LogP contribution < -0.4 is 5.32 Å². The van der Waals surface area contributed by atoms with Gasteiger partial charge in [-0.2, -0.15) is 0 Å². The summed E-state index contributed by atoms with van der Waals surface area (Å²) in [6, 6.07) is 7.66. The number of hydrogen-bond acceptors (Lipinski definition) is 5. The van der Waals surface area contributed by atoms with Crippen LogP contribution in [0.25, 0.3) is 11.3 Å². The van der Waals surface area contributed by atoms with Gasteiger partial charge in [-0.1, -0.05) is 19.1 Å². The van der Waals surface area contributed by atoms with Gasteiger partial charge in [0, 0.05) is 50.0 Å². The number of carbonyl (C=O) groups is 1. The van der Waals surface area contributed by atoms with Crippen molar-refractivity contribution >= 4 is 5.91 Å². The van der Waals surface area contributed by atoms with E-state index in [0.29, 0.717) is 17.2 Å². The molecule has 6 nitrogen and oxygen atoms in total. The first kappa shape index (κ1) is 19.6. The first-order chi connectivity index (χ1) is 13.2. The first-order valence-corrected chi connectivity index (χ1v) is 9.77. The molecule has 0 spiro atoms. The summed E-state index contributed by atoms with van der Waals surface area (Å²) >= 11 is 0. The third-order valence-corrected chi connectivity index (χ3v) is 5.14. The first-order valence-electron chi connectivity index (χ1n) is 9.77. The van der Waals surface area contributed by atoms with Gasteiger partial charge in [-0.25, -0.2) is 4.98 Å². The van der Waals surface area contributed by atoms with E-state index in [4.69, 9.17) is 9.15 Å². The summed E-state index contributed by atoms with van der Waals surface area (Å²) in [5.41, 5.74) is 1.59. The number of piperidine rings is 1. The maximum absolute atomic E-state index is 12.6. The molecule has 146 valence electrons. The molecule has 2 unspecified atom stereocenters. The van der Waals surface area contributed by atoms with Crippen LogP contribution >= 0.6 is 0 Å². The number of hydrogen-bond donors (Lipinski definition) is 1. The van der Waals surface area contributed by atoms with E-state index in [1.165, 1.54) is 6.39 Å². The van der Waals surface area contributed by atoms with Gasteiger partial charge in [0.15, 0.2) is 12.2 Å². The maximum Gasteiger partial charge on any atom is 0.251 e. The van der Waals surface area contributed by atoms with Gasteiger partial charge in [0.05, 0.1) is 6.20 Å². The third kappa shape index (κ3) is 5.40. The number of carbonyl (C=O) groups excluding carboxylic acids is 1. The van der Waals surface area contributed by atoms with Crippen LogP contribution in [0.2, 0.25) is 0 Å². The lowest BCUT2D eigenvalue weighted by molar-refractivity contribution is 0.0843. The molecule has 2 heterocycles. The second kappa shape index (κ2) is 9.67. The fourth-order valence-electron chi connectivity index (χ4n) is 3.58. The zero-order chi connectivity index (χ0) is 19.1. The number of amides is 1. The van der Waals surface area contributed by atoms with Crippen LogP contribution in [0, 0.1) is 5.92 Å². The Kier molecular flexibility index (Phi) is 7.01. The molecule has 1 aromatic heterocycles. The van der Waals surface area contributed by atoms with Crippen LogP contribution in [0.1, 0.15) is 37.0 Å². The largest absolute Gasteiger partial charge is 0.444 e. The number of benzene rings is 1. The van der Waals surface area contributed by atoms with E-state index in [2.05, 4.69) is 22.1 Å². The molecule has 1 amide bonds.